The third-order valence-electron chi connectivity index (χ3n) is 3.70. The standard InChI is InChI=1S/C20H22ClN3O3S/c1-24(2)20(27)28-17-7-4-3-6-16(17)23-18(25)8-5-13-22-19(26)14-9-11-15(21)12-10-14/h3-4,6-7,9-12H,5,8,13H2,1-2H3,(H,22,26)(H,23,25). The maximum Gasteiger partial charge on any atom is 0.286 e. The van der Waals surface area contributed by atoms with Gasteiger partial charge in [0.1, 0.15) is 0 Å². The number of para-hydroxylation sites is 1. The SMILES string of the molecule is CN(C)C(=O)Sc1ccccc1NC(=O)CCCNC(=O)c1ccc(Cl)cc1. The van der Waals surface area contributed by atoms with Crippen LogP contribution >= 0.6 is 23.4 Å². The van der Waals surface area contributed by atoms with E-state index in [1.165, 1.54) is 4.90 Å². The van der Waals surface area contributed by atoms with Crippen LogP contribution in [0.15, 0.2) is 53.4 Å². The summed E-state index contributed by atoms with van der Waals surface area (Å²) in [7, 11) is 3.35. The summed E-state index contributed by atoms with van der Waals surface area (Å²) in [4.78, 5) is 38.2. The Kier molecular flexibility index (Phi) is 8.35. The summed E-state index contributed by atoms with van der Waals surface area (Å²) < 4.78 is 0. The monoisotopic (exact) mass is 419 g/mol. The van der Waals surface area contributed by atoms with Crippen molar-refractivity contribution in [2.24, 2.45) is 0 Å². The number of halogens is 1. The van der Waals surface area contributed by atoms with Crippen LogP contribution in [0.5, 0.6) is 0 Å². The topological polar surface area (TPSA) is 78.5 Å². The lowest BCUT2D eigenvalue weighted by Gasteiger charge is -2.13. The van der Waals surface area contributed by atoms with Gasteiger partial charge in [-0.25, -0.2) is 0 Å². The van der Waals surface area contributed by atoms with Gasteiger partial charge in [0.15, 0.2) is 0 Å². The first kappa shape index (κ1) is 21.8. The second kappa shape index (κ2) is 10.7. The summed E-state index contributed by atoms with van der Waals surface area (Å²) in [6, 6.07) is 13.8. The molecule has 0 spiro atoms. The van der Waals surface area contributed by atoms with Crippen molar-refractivity contribution in [3.8, 4) is 0 Å². The van der Waals surface area contributed by atoms with Gasteiger partial charge in [0.05, 0.1) is 5.69 Å². The van der Waals surface area contributed by atoms with Gasteiger partial charge in [-0.1, -0.05) is 23.7 Å². The van der Waals surface area contributed by atoms with E-state index < -0.39 is 0 Å². The van der Waals surface area contributed by atoms with E-state index in [4.69, 9.17) is 11.6 Å². The van der Waals surface area contributed by atoms with Crippen LogP contribution in [-0.2, 0) is 4.79 Å². The van der Waals surface area contributed by atoms with Gasteiger partial charge >= 0.3 is 0 Å². The molecule has 0 radical (unpaired) electrons. The minimum Gasteiger partial charge on any atom is -0.352 e. The van der Waals surface area contributed by atoms with Gasteiger partial charge < -0.3 is 15.5 Å². The molecule has 148 valence electrons. The molecule has 8 heteroatoms. The van der Waals surface area contributed by atoms with Crippen molar-refractivity contribution in [2.75, 3.05) is 26.0 Å². The Morgan fingerprint density at radius 2 is 1.71 bits per heavy atom. The van der Waals surface area contributed by atoms with Gasteiger partial charge in [0.25, 0.3) is 11.1 Å². The van der Waals surface area contributed by atoms with E-state index >= 15 is 0 Å². The molecule has 0 fully saturated rings. The minimum absolute atomic E-state index is 0.119. The first-order valence-corrected chi connectivity index (χ1v) is 9.88. The quantitative estimate of drug-likeness (QED) is 0.519. The van der Waals surface area contributed by atoms with Crippen LogP contribution in [0.25, 0.3) is 0 Å². The summed E-state index contributed by atoms with van der Waals surface area (Å²) in [6.45, 7) is 0.379. The fourth-order valence-corrected chi connectivity index (χ4v) is 3.08. The van der Waals surface area contributed by atoms with E-state index in [-0.39, 0.29) is 23.5 Å². The van der Waals surface area contributed by atoms with Crippen LogP contribution in [0.4, 0.5) is 10.5 Å². The summed E-state index contributed by atoms with van der Waals surface area (Å²) in [5, 5.41) is 6.04. The molecule has 0 atom stereocenters. The van der Waals surface area contributed by atoms with E-state index in [0.29, 0.717) is 34.1 Å². The Morgan fingerprint density at radius 1 is 1.04 bits per heavy atom. The highest BCUT2D eigenvalue weighted by Gasteiger charge is 2.12. The molecular weight excluding hydrogens is 398 g/mol. The van der Waals surface area contributed by atoms with Crippen molar-refractivity contribution in [3.05, 3.63) is 59.1 Å². The predicted molar refractivity (Wildman–Crippen MR) is 113 cm³/mol. The number of nitrogens with one attached hydrogen (secondary N) is 2. The number of amides is 3. The summed E-state index contributed by atoms with van der Waals surface area (Å²) in [6.07, 6.45) is 0.749. The number of nitrogens with zero attached hydrogens (tertiary/aromatic N) is 1. The molecule has 2 rings (SSSR count). The van der Waals surface area contributed by atoms with E-state index in [0.717, 1.165) is 11.8 Å². The second-order valence-electron chi connectivity index (χ2n) is 6.17. The minimum atomic E-state index is -0.207. The Bertz CT molecular complexity index is 841. The number of carbonyl (C=O) groups is 3. The normalized spacial score (nSPS) is 10.2. The molecule has 0 unspecified atom stereocenters. The molecule has 0 aliphatic carbocycles. The zero-order valence-electron chi connectivity index (χ0n) is 15.7. The first-order valence-electron chi connectivity index (χ1n) is 8.68. The Balaban J connectivity index is 1.79. The van der Waals surface area contributed by atoms with Crippen LogP contribution in [0.1, 0.15) is 23.2 Å². The van der Waals surface area contributed by atoms with Crippen molar-refractivity contribution >= 4 is 46.1 Å². The van der Waals surface area contributed by atoms with Crippen LogP contribution in [-0.4, -0.2) is 42.6 Å². The van der Waals surface area contributed by atoms with Crippen molar-refractivity contribution < 1.29 is 14.4 Å². The molecule has 0 aliphatic heterocycles. The molecule has 2 aromatic carbocycles. The largest absolute Gasteiger partial charge is 0.352 e. The van der Waals surface area contributed by atoms with Gasteiger partial charge in [-0.2, -0.15) is 0 Å². The van der Waals surface area contributed by atoms with Crippen molar-refractivity contribution in [2.45, 2.75) is 17.7 Å². The average Bonchev–Trinajstić information content (AvgIpc) is 2.67. The molecule has 0 bridgehead atoms. The molecule has 2 aromatic rings. The number of hydrogen-bond donors (Lipinski definition) is 2. The molecule has 2 N–H and O–H groups in total. The van der Waals surface area contributed by atoms with Crippen LogP contribution in [0.2, 0.25) is 5.02 Å². The molecule has 28 heavy (non-hydrogen) atoms. The number of benzene rings is 2. The molecule has 0 aromatic heterocycles. The highest BCUT2D eigenvalue weighted by atomic mass is 35.5. The van der Waals surface area contributed by atoms with Crippen molar-refractivity contribution in [1.82, 2.24) is 10.2 Å². The van der Waals surface area contributed by atoms with E-state index in [9.17, 15) is 14.4 Å². The van der Waals surface area contributed by atoms with E-state index in [1.54, 1.807) is 56.6 Å². The van der Waals surface area contributed by atoms with Gasteiger partial charge in [0.2, 0.25) is 5.91 Å². The molecule has 0 saturated carbocycles. The summed E-state index contributed by atoms with van der Waals surface area (Å²) in [5.74, 6) is -0.382. The smallest absolute Gasteiger partial charge is 0.286 e. The molecular formula is C20H22ClN3O3S. The van der Waals surface area contributed by atoms with Gasteiger partial charge in [0, 0.05) is 42.5 Å². The van der Waals surface area contributed by atoms with E-state index in [1.807, 2.05) is 6.07 Å². The zero-order chi connectivity index (χ0) is 20.5. The first-order chi connectivity index (χ1) is 13.4. The average molecular weight is 420 g/mol. The highest BCUT2D eigenvalue weighted by Crippen LogP contribution is 2.28. The maximum atomic E-state index is 12.2. The fourth-order valence-electron chi connectivity index (χ4n) is 2.21. The molecule has 3 amide bonds. The number of carbonyl (C=O) groups excluding carboxylic acids is 3. The third kappa shape index (κ3) is 6.90. The summed E-state index contributed by atoms with van der Waals surface area (Å²) >= 11 is 6.86. The molecule has 0 aliphatic rings. The van der Waals surface area contributed by atoms with Crippen LogP contribution < -0.4 is 10.6 Å². The van der Waals surface area contributed by atoms with Gasteiger partial charge in [-0.05, 0) is 54.6 Å². The van der Waals surface area contributed by atoms with Crippen molar-refractivity contribution in [1.29, 1.82) is 0 Å². The summed E-state index contributed by atoms with van der Waals surface area (Å²) in [5.41, 5.74) is 1.11. The van der Waals surface area contributed by atoms with Crippen LogP contribution in [0, 0.1) is 0 Å². The van der Waals surface area contributed by atoms with Crippen LogP contribution in [0.3, 0.4) is 0 Å². The zero-order valence-corrected chi connectivity index (χ0v) is 17.3. The fraction of sp³-hybridized carbons (Fsp3) is 0.250. The number of rotatable bonds is 7. The lowest BCUT2D eigenvalue weighted by atomic mass is 10.2. The molecule has 0 saturated heterocycles. The lowest BCUT2D eigenvalue weighted by molar-refractivity contribution is -0.116. The molecule has 6 nitrogen and oxygen atoms in total. The lowest BCUT2D eigenvalue weighted by Crippen LogP contribution is -2.25. The Hall–Kier alpha value is -2.51. The predicted octanol–water partition coefficient (Wildman–Crippen LogP) is 4.26. The van der Waals surface area contributed by atoms with Crippen molar-refractivity contribution in [3.63, 3.8) is 0 Å². The van der Waals surface area contributed by atoms with Gasteiger partial charge in [-0.3, -0.25) is 14.4 Å². The maximum absolute atomic E-state index is 12.2. The van der Waals surface area contributed by atoms with Gasteiger partial charge in [-0.15, -0.1) is 0 Å². The Labute approximate surface area is 173 Å². The molecule has 0 heterocycles. The Morgan fingerprint density at radius 3 is 2.39 bits per heavy atom. The second-order valence-corrected chi connectivity index (χ2v) is 7.60. The number of thioether (sulfide) groups is 1. The number of hydrogen-bond acceptors (Lipinski definition) is 4. The highest BCUT2D eigenvalue weighted by molar-refractivity contribution is 8.13. The number of anilines is 1. The third-order valence-corrected chi connectivity index (χ3v) is 5.06. The van der Waals surface area contributed by atoms with E-state index in [2.05, 4.69) is 10.6 Å².